The molecule has 0 amide bonds. The van der Waals surface area contributed by atoms with Crippen LogP contribution in [0.3, 0.4) is 0 Å². The topological polar surface area (TPSA) is 67.5 Å². The van der Waals surface area contributed by atoms with Gasteiger partial charge in [-0.05, 0) is 40.8 Å². The second-order valence-corrected chi connectivity index (χ2v) is 5.76. The van der Waals surface area contributed by atoms with Crippen molar-refractivity contribution in [3.05, 3.63) is 6.33 Å². The van der Waals surface area contributed by atoms with Crippen LogP contribution in [0.15, 0.2) is 6.33 Å². The molecule has 0 aromatic carbocycles. The van der Waals surface area contributed by atoms with Gasteiger partial charge in [-0.2, -0.15) is 4.98 Å². The first-order valence-electron chi connectivity index (χ1n) is 7.17. The highest BCUT2D eigenvalue weighted by Crippen LogP contribution is 2.30. The fourth-order valence-corrected chi connectivity index (χ4v) is 2.53. The maximum absolute atomic E-state index is 6.15. The molecule has 0 spiro atoms. The van der Waals surface area contributed by atoms with E-state index in [2.05, 4.69) is 33.9 Å². The van der Waals surface area contributed by atoms with Crippen molar-refractivity contribution in [3.63, 3.8) is 0 Å². The van der Waals surface area contributed by atoms with Crippen molar-refractivity contribution in [1.29, 1.82) is 0 Å². The van der Waals surface area contributed by atoms with Gasteiger partial charge in [-0.3, -0.25) is 0 Å². The molecular weight excluding hydrogens is 254 g/mol. The van der Waals surface area contributed by atoms with E-state index >= 15 is 0 Å². The summed E-state index contributed by atoms with van der Waals surface area (Å²) in [4.78, 5) is 13.0. The molecular formula is C14H25N5O. The molecule has 112 valence electrons. The summed E-state index contributed by atoms with van der Waals surface area (Å²) in [7, 11) is 4.27. The van der Waals surface area contributed by atoms with Gasteiger partial charge in [-0.25, -0.2) is 4.98 Å². The molecule has 0 saturated carbocycles. The van der Waals surface area contributed by atoms with Crippen LogP contribution in [0.5, 0.6) is 5.88 Å². The zero-order valence-electron chi connectivity index (χ0n) is 12.8. The molecule has 1 aliphatic rings. The van der Waals surface area contributed by atoms with Gasteiger partial charge in [-0.1, -0.05) is 0 Å². The summed E-state index contributed by atoms with van der Waals surface area (Å²) in [5, 5.41) is 0. The standard InChI is InChI=1S/C14H25N5O/c1-10(2)20-14-12(15)13(16-9-17-14)19-7-5-11(6-8-19)18(3)4/h9-11H,5-8,15H2,1-4H3. The van der Waals surface area contributed by atoms with Crippen LogP contribution >= 0.6 is 0 Å². The molecule has 1 aromatic heterocycles. The second kappa shape index (κ2) is 6.26. The zero-order valence-corrected chi connectivity index (χ0v) is 12.8. The number of anilines is 2. The molecule has 0 radical (unpaired) electrons. The van der Waals surface area contributed by atoms with E-state index in [0.29, 0.717) is 17.6 Å². The van der Waals surface area contributed by atoms with Gasteiger partial charge in [0.15, 0.2) is 5.82 Å². The van der Waals surface area contributed by atoms with E-state index < -0.39 is 0 Å². The number of hydrogen-bond donors (Lipinski definition) is 1. The van der Waals surface area contributed by atoms with Gasteiger partial charge in [0.25, 0.3) is 0 Å². The van der Waals surface area contributed by atoms with Gasteiger partial charge < -0.3 is 20.3 Å². The van der Waals surface area contributed by atoms with Gasteiger partial charge in [0, 0.05) is 19.1 Å². The number of nitrogen functional groups attached to an aromatic ring is 1. The third-order valence-corrected chi connectivity index (χ3v) is 3.67. The fourth-order valence-electron chi connectivity index (χ4n) is 2.53. The van der Waals surface area contributed by atoms with E-state index in [1.165, 1.54) is 6.33 Å². The van der Waals surface area contributed by atoms with E-state index in [4.69, 9.17) is 10.5 Å². The molecule has 1 fully saturated rings. The Labute approximate surface area is 120 Å². The Morgan fingerprint density at radius 2 is 1.95 bits per heavy atom. The smallest absolute Gasteiger partial charge is 0.242 e. The molecule has 6 heteroatoms. The van der Waals surface area contributed by atoms with Crippen LogP contribution < -0.4 is 15.4 Å². The molecule has 0 atom stereocenters. The average molecular weight is 279 g/mol. The fraction of sp³-hybridized carbons (Fsp3) is 0.714. The third-order valence-electron chi connectivity index (χ3n) is 3.67. The summed E-state index contributed by atoms with van der Waals surface area (Å²) in [5.74, 6) is 1.28. The largest absolute Gasteiger partial charge is 0.473 e. The normalized spacial score (nSPS) is 17.0. The lowest BCUT2D eigenvalue weighted by Gasteiger charge is -2.36. The Kier molecular flexibility index (Phi) is 4.65. The molecule has 1 saturated heterocycles. The molecule has 0 unspecified atom stereocenters. The van der Waals surface area contributed by atoms with Crippen molar-refractivity contribution in [2.24, 2.45) is 0 Å². The van der Waals surface area contributed by atoms with Crippen molar-refractivity contribution in [1.82, 2.24) is 14.9 Å². The molecule has 1 aromatic rings. The molecule has 2 N–H and O–H groups in total. The number of piperidine rings is 1. The number of ether oxygens (including phenoxy) is 1. The predicted molar refractivity (Wildman–Crippen MR) is 81.1 cm³/mol. The number of aromatic nitrogens is 2. The summed E-state index contributed by atoms with van der Waals surface area (Å²) in [6.07, 6.45) is 3.83. The Bertz CT molecular complexity index is 441. The molecule has 2 heterocycles. The quantitative estimate of drug-likeness (QED) is 0.898. The zero-order chi connectivity index (χ0) is 14.7. The first-order chi connectivity index (χ1) is 9.49. The summed E-state index contributed by atoms with van der Waals surface area (Å²) in [5.41, 5.74) is 6.70. The van der Waals surface area contributed by atoms with E-state index in [1.54, 1.807) is 0 Å². The van der Waals surface area contributed by atoms with Gasteiger partial charge in [0.1, 0.15) is 12.0 Å². The number of rotatable bonds is 4. The molecule has 2 rings (SSSR count). The second-order valence-electron chi connectivity index (χ2n) is 5.76. The highest BCUT2D eigenvalue weighted by atomic mass is 16.5. The van der Waals surface area contributed by atoms with Crippen LogP contribution in [-0.2, 0) is 0 Å². The van der Waals surface area contributed by atoms with Crippen LogP contribution in [0, 0.1) is 0 Å². The third kappa shape index (κ3) is 3.30. The lowest BCUT2D eigenvalue weighted by molar-refractivity contribution is 0.233. The van der Waals surface area contributed by atoms with Crippen LogP contribution in [0.25, 0.3) is 0 Å². The van der Waals surface area contributed by atoms with E-state index in [1.807, 2.05) is 13.8 Å². The Hall–Kier alpha value is -1.56. The summed E-state index contributed by atoms with van der Waals surface area (Å²) in [6, 6.07) is 0.640. The van der Waals surface area contributed by atoms with Crippen LogP contribution in [0.2, 0.25) is 0 Å². The lowest BCUT2D eigenvalue weighted by Crippen LogP contribution is -2.42. The van der Waals surface area contributed by atoms with E-state index in [0.717, 1.165) is 31.7 Å². The first-order valence-corrected chi connectivity index (χ1v) is 7.17. The highest BCUT2D eigenvalue weighted by Gasteiger charge is 2.24. The van der Waals surface area contributed by atoms with Crippen molar-refractivity contribution < 1.29 is 4.74 Å². The van der Waals surface area contributed by atoms with Crippen molar-refractivity contribution >= 4 is 11.5 Å². The van der Waals surface area contributed by atoms with Crippen molar-refractivity contribution in [2.75, 3.05) is 37.8 Å². The van der Waals surface area contributed by atoms with Gasteiger partial charge in [0.2, 0.25) is 5.88 Å². The first kappa shape index (κ1) is 14.8. The molecule has 20 heavy (non-hydrogen) atoms. The number of nitrogens with zero attached hydrogens (tertiary/aromatic N) is 4. The molecule has 6 nitrogen and oxygen atoms in total. The Morgan fingerprint density at radius 1 is 1.30 bits per heavy atom. The molecule has 0 aliphatic carbocycles. The summed E-state index contributed by atoms with van der Waals surface area (Å²) in [6.45, 7) is 5.85. The van der Waals surface area contributed by atoms with Crippen LogP contribution in [0.4, 0.5) is 11.5 Å². The van der Waals surface area contributed by atoms with E-state index in [-0.39, 0.29) is 6.10 Å². The Balaban J connectivity index is 2.10. The molecule has 0 bridgehead atoms. The SMILES string of the molecule is CC(C)Oc1ncnc(N2CCC(N(C)C)CC2)c1N. The summed E-state index contributed by atoms with van der Waals surface area (Å²) >= 11 is 0. The number of nitrogens with two attached hydrogens (primary N) is 1. The summed E-state index contributed by atoms with van der Waals surface area (Å²) < 4.78 is 5.62. The number of hydrogen-bond acceptors (Lipinski definition) is 6. The minimum absolute atomic E-state index is 0.0551. The van der Waals surface area contributed by atoms with Gasteiger partial charge >= 0.3 is 0 Å². The van der Waals surface area contributed by atoms with Crippen LogP contribution in [-0.4, -0.2) is 54.2 Å². The van der Waals surface area contributed by atoms with Crippen LogP contribution in [0.1, 0.15) is 26.7 Å². The lowest BCUT2D eigenvalue weighted by atomic mass is 10.0. The average Bonchev–Trinajstić information content (AvgIpc) is 2.41. The minimum atomic E-state index is 0.0551. The molecule has 1 aliphatic heterocycles. The minimum Gasteiger partial charge on any atom is -0.473 e. The predicted octanol–water partition coefficient (Wildman–Crippen LogP) is 1.38. The monoisotopic (exact) mass is 279 g/mol. The maximum atomic E-state index is 6.15. The van der Waals surface area contributed by atoms with Gasteiger partial charge in [-0.15, -0.1) is 0 Å². The van der Waals surface area contributed by atoms with E-state index in [9.17, 15) is 0 Å². The maximum Gasteiger partial charge on any atom is 0.242 e. The van der Waals surface area contributed by atoms with Crippen molar-refractivity contribution in [3.8, 4) is 5.88 Å². The highest BCUT2D eigenvalue weighted by molar-refractivity contribution is 5.67. The van der Waals surface area contributed by atoms with Gasteiger partial charge in [0.05, 0.1) is 6.10 Å². The Morgan fingerprint density at radius 3 is 2.50 bits per heavy atom. The van der Waals surface area contributed by atoms with Crippen molar-refractivity contribution in [2.45, 2.75) is 38.8 Å².